The third-order valence-corrected chi connectivity index (χ3v) is 1.76. The van der Waals surface area contributed by atoms with Crippen LogP contribution in [-0.4, -0.2) is 30.9 Å². The fraction of sp³-hybridized carbons (Fsp3) is 0.778. The Hall–Kier alpha value is -1.10. The third kappa shape index (κ3) is 5.53. The topological polar surface area (TPSA) is 84.2 Å². The van der Waals surface area contributed by atoms with Crippen molar-refractivity contribution >= 4 is 11.8 Å². The molecule has 14 heavy (non-hydrogen) atoms. The molecule has 82 valence electrons. The normalized spacial score (nSPS) is 12.1. The molecule has 0 rings (SSSR count). The number of hydrogen-bond acceptors (Lipinski definition) is 3. The second-order valence-electron chi connectivity index (χ2n) is 3.07. The Balaban J connectivity index is 3.90. The number of rotatable bonds is 7. The maximum absolute atomic E-state index is 11.2. The molecule has 0 saturated heterocycles. The van der Waals surface area contributed by atoms with E-state index >= 15 is 0 Å². The molecule has 5 nitrogen and oxygen atoms in total. The monoisotopic (exact) mass is 201 g/mol. The van der Waals surface area contributed by atoms with Gasteiger partial charge in [0.25, 0.3) is 0 Å². The van der Waals surface area contributed by atoms with E-state index in [9.17, 15) is 9.59 Å². The Morgan fingerprint density at radius 1 is 1.36 bits per heavy atom. The average Bonchev–Trinajstić information content (AvgIpc) is 2.14. The molecule has 0 fully saturated rings. The predicted molar refractivity (Wildman–Crippen MR) is 54.6 cm³/mol. The van der Waals surface area contributed by atoms with Crippen LogP contribution in [0.2, 0.25) is 0 Å². The molecule has 0 aliphatic carbocycles. The summed E-state index contributed by atoms with van der Waals surface area (Å²) in [7, 11) is 0. The molecule has 0 aliphatic heterocycles. The van der Waals surface area contributed by atoms with Crippen molar-refractivity contribution in [2.24, 2.45) is 5.73 Å². The molecule has 2 amide bonds. The van der Waals surface area contributed by atoms with Crippen LogP contribution in [-0.2, 0) is 9.59 Å². The summed E-state index contributed by atoms with van der Waals surface area (Å²) in [5, 5.41) is 5.54. The number of primary amides is 1. The van der Waals surface area contributed by atoms with E-state index in [2.05, 4.69) is 10.6 Å². The lowest BCUT2D eigenvalue weighted by Gasteiger charge is -2.13. The van der Waals surface area contributed by atoms with Crippen molar-refractivity contribution in [1.82, 2.24) is 10.6 Å². The number of carbonyl (C=O) groups excluding carboxylic acids is 2. The van der Waals surface area contributed by atoms with Crippen molar-refractivity contribution in [3.05, 3.63) is 0 Å². The Morgan fingerprint density at radius 2 is 2.00 bits per heavy atom. The van der Waals surface area contributed by atoms with Gasteiger partial charge in [0, 0.05) is 6.54 Å². The first-order valence-corrected chi connectivity index (χ1v) is 4.91. The van der Waals surface area contributed by atoms with E-state index in [4.69, 9.17) is 5.73 Å². The first-order valence-electron chi connectivity index (χ1n) is 4.91. The Bertz CT molecular complexity index is 194. The first kappa shape index (κ1) is 12.9. The Labute approximate surface area is 84.4 Å². The molecule has 0 aromatic carbocycles. The highest BCUT2D eigenvalue weighted by Gasteiger charge is 2.17. The molecule has 1 atom stereocenters. The zero-order chi connectivity index (χ0) is 11.0. The molecule has 4 N–H and O–H groups in total. The van der Waals surface area contributed by atoms with Crippen LogP contribution in [0.15, 0.2) is 0 Å². The van der Waals surface area contributed by atoms with E-state index in [0.29, 0.717) is 13.1 Å². The maximum Gasteiger partial charge on any atom is 0.235 e. The smallest absolute Gasteiger partial charge is 0.235 e. The summed E-state index contributed by atoms with van der Waals surface area (Å²) in [5.41, 5.74) is 5.12. The number of amides is 2. The quantitative estimate of drug-likeness (QED) is 0.512. The zero-order valence-corrected chi connectivity index (χ0v) is 8.80. The SMILES string of the molecule is CCCNC(=O)CC(NCC)C(N)=O. The third-order valence-electron chi connectivity index (χ3n) is 1.76. The summed E-state index contributed by atoms with van der Waals surface area (Å²) < 4.78 is 0. The van der Waals surface area contributed by atoms with Gasteiger partial charge in [-0.2, -0.15) is 0 Å². The summed E-state index contributed by atoms with van der Waals surface area (Å²) in [6, 6.07) is -0.558. The molecule has 0 heterocycles. The van der Waals surface area contributed by atoms with Crippen molar-refractivity contribution in [3.8, 4) is 0 Å². The van der Waals surface area contributed by atoms with Gasteiger partial charge in [-0.1, -0.05) is 13.8 Å². The van der Waals surface area contributed by atoms with Gasteiger partial charge in [-0.25, -0.2) is 0 Å². The van der Waals surface area contributed by atoms with Gasteiger partial charge in [-0.05, 0) is 13.0 Å². The number of nitrogens with two attached hydrogens (primary N) is 1. The lowest BCUT2D eigenvalue weighted by Crippen LogP contribution is -2.44. The molecule has 5 heteroatoms. The molecule has 0 bridgehead atoms. The van der Waals surface area contributed by atoms with Crippen LogP contribution < -0.4 is 16.4 Å². The van der Waals surface area contributed by atoms with Gasteiger partial charge < -0.3 is 16.4 Å². The minimum atomic E-state index is -0.558. The minimum Gasteiger partial charge on any atom is -0.368 e. The van der Waals surface area contributed by atoms with Gasteiger partial charge in [0.2, 0.25) is 11.8 Å². The van der Waals surface area contributed by atoms with Crippen LogP contribution >= 0.6 is 0 Å². The van der Waals surface area contributed by atoms with Gasteiger partial charge in [-0.3, -0.25) is 9.59 Å². The van der Waals surface area contributed by atoms with E-state index in [0.717, 1.165) is 6.42 Å². The zero-order valence-electron chi connectivity index (χ0n) is 8.80. The van der Waals surface area contributed by atoms with Gasteiger partial charge >= 0.3 is 0 Å². The highest BCUT2D eigenvalue weighted by molar-refractivity contribution is 5.87. The molecule has 0 spiro atoms. The van der Waals surface area contributed by atoms with Crippen LogP contribution in [0.25, 0.3) is 0 Å². The Kier molecular flexibility index (Phi) is 6.74. The fourth-order valence-corrected chi connectivity index (χ4v) is 1.04. The molecule has 1 unspecified atom stereocenters. The average molecular weight is 201 g/mol. The van der Waals surface area contributed by atoms with Gasteiger partial charge in [-0.15, -0.1) is 0 Å². The summed E-state index contributed by atoms with van der Waals surface area (Å²) in [6.45, 7) is 5.08. The van der Waals surface area contributed by atoms with Crippen LogP contribution in [0.3, 0.4) is 0 Å². The molecule has 0 saturated carbocycles. The molecular formula is C9H19N3O2. The first-order chi connectivity index (χ1) is 6.61. The second kappa shape index (κ2) is 7.32. The minimum absolute atomic E-state index is 0.114. The van der Waals surface area contributed by atoms with Gasteiger partial charge in [0.15, 0.2) is 0 Å². The lowest BCUT2D eigenvalue weighted by atomic mass is 10.2. The number of hydrogen-bond donors (Lipinski definition) is 3. The van der Waals surface area contributed by atoms with Gasteiger partial charge in [0.05, 0.1) is 12.5 Å². The number of carbonyl (C=O) groups is 2. The van der Waals surface area contributed by atoms with Crippen LogP contribution in [0.4, 0.5) is 0 Å². The lowest BCUT2D eigenvalue weighted by molar-refractivity contribution is -0.126. The highest BCUT2D eigenvalue weighted by atomic mass is 16.2. The summed E-state index contributed by atoms with van der Waals surface area (Å²) in [6.07, 6.45) is 0.997. The van der Waals surface area contributed by atoms with Crippen LogP contribution in [0.1, 0.15) is 26.7 Å². The highest BCUT2D eigenvalue weighted by Crippen LogP contribution is 1.91. The second-order valence-corrected chi connectivity index (χ2v) is 3.07. The van der Waals surface area contributed by atoms with Crippen molar-refractivity contribution in [3.63, 3.8) is 0 Å². The molecule has 0 aromatic heterocycles. The van der Waals surface area contributed by atoms with E-state index in [-0.39, 0.29) is 12.3 Å². The van der Waals surface area contributed by atoms with Crippen LogP contribution in [0.5, 0.6) is 0 Å². The largest absolute Gasteiger partial charge is 0.368 e. The molecular weight excluding hydrogens is 182 g/mol. The van der Waals surface area contributed by atoms with Crippen molar-refractivity contribution in [2.75, 3.05) is 13.1 Å². The molecule has 0 aromatic rings. The molecule has 0 aliphatic rings. The van der Waals surface area contributed by atoms with E-state index < -0.39 is 11.9 Å². The van der Waals surface area contributed by atoms with E-state index in [1.807, 2.05) is 13.8 Å². The van der Waals surface area contributed by atoms with Crippen molar-refractivity contribution < 1.29 is 9.59 Å². The van der Waals surface area contributed by atoms with Crippen molar-refractivity contribution in [1.29, 1.82) is 0 Å². The number of nitrogens with one attached hydrogen (secondary N) is 2. The van der Waals surface area contributed by atoms with Crippen molar-refractivity contribution in [2.45, 2.75) is 32.7 Å². The Morgan fingerprint density at radius 3 is 2.43 bits per heavy atom. The maximum atomic E-state index is 11.2. The van der Waals surface area contributed by atoms with E-state index in [1.165, 1.54) is 0 Å². The predicted octanol–water partition coefficient (Wildman–Crippen LogP) is -0.634. The summed E-state index contributed by atoms with van der Waals surface area (Å²) in [4.78, 5) is 22.1. The number of likely N-dealkylation sites (N-methyl/N-ethyl adjacent to an activating group) is 1. The standard InChI is InChI=1S/C9H19N3O2/c1-3-5-12-8(13)6-7(9(10)14)11-4-2/h7,11H,3-6H2,1-2H3,(H2,10,14)(H,12,13). The molecule has 0 radical (unpaired) electrons. The summed E-state index contributed by atoms with van der Waals surface area (Å²) >= 11 is 0. The van der Waals surface area contributed by atoms with E-state index in [1.54, 1.807) is 0 Å². The van der Waals surface area contributed by atoms with Crippen LogP contribution in [0, 0.1) is 0 Å². The van der Waals surface area contributed by atoms with Gasteiger partial charge in [0.1, 0.15) is 0 Å². The fourth-order valence-electron chi connectivity index (χ4n) is 1.04. The summed E-state index contributed by atoms with van der Waals surface area (Å²) in [5.74, 6) is -0.630.